The van der Waals surface area contributed by atoms with Crippen molar-refractivity contribution in [1.29, 1.82) is 0 Å². The number of methoxy groups -OCH3 is 2. The van der Waals surface area contributed by atoms with Gasteiger partial charge in [-0.25, -0.2) is 4.39 Å². The zero-order chi connectivity index (χ0) is 11.6. The molecule has 1 aromatic carbocycles. The quantitative estimate of drug-likeness (QED) is 0.835. The van der Waals surface area contributed by atoms with Gasteiger partial charge in [-0.1, -0.05) is 0 Å². The van der Waals surface area contributed by atoms with E-state index in [1.54, 1.807) is 13.8 Å². The monoisotopic (exact) mass is 214 g/mol. The lowest BCUT2D eigenvalue weighted by Gasteiger charge is -2.17. The molecule has 1 N–H and O–H groups in total. The molecule has 0 radical (unpaired) electrons. The second-order valence-corrected chi connectivity index (χ2v) is 3.27. The number of aliphatic hydroxyl groups excluding tert-OH is 1. The minimum Gasteiger partial charge on any atom is -0.496 e. The van der Waals surface area contributed by atoms with Gasteiger partial charge >= 0.3 is 0 Å². The Kier molecular flexibility index (Phi) is 3.52. The predicted molar refractivity (Wildman–Crippen MR) is 54.9 cm³/mol. The molecule has 0 bridgehead atoms. The van der Waals surface area contributed by atoms with Crippen molar-refractivity contribution in [3.8, 4) is 11.5 Å². The van der Waals surface area contributed by atoms with Gasteiger partial charge in [-0.2, -0.15) is 0 Å². The summed E-state index contributed by atoms with van der Waals surface area (Å²) in [7, 11) is 2.85. The fraction of sp³-hybridized carbons (Fsp3) is 0.455. The first-order chi connectivity index (χ1) is 7.08. The van der Waals surface area contributed by atoms with Gasteiger partial charge in [0.05, 0.1) is 20.8 Å². The average molecular weight is 214 g/mol. The van der Waals surface area contributed by atoms with Gasteiger partial charge in [0.1, 0.15) is 5.75 Å². The summed E-state index contributed by atoms with van der Waals surface area (Å²) in [5.74, 6) is 0.106. The normalized spacial score (nSPS) is 10.3. The molecule has 3 nitrogen and oxygen atoms in total. The molecule has 0 saturated carbocycles. The molecule has 4 heteroatoms. The predicted octanol–water partition coefficient (Wildman–Crippen LogP) is 1.95. The second kappa shape index (κ2) is 4.49. The van der Waals surface area contributed by atoms with Crippen LogP contribution in [0, 0.1) is 19.7 Å². The average Bonchev–Trinajstić information content (AvgIpc) is 2.23. The van der Waals surface area contributed by atoms with Crippen LogP contribution in [0.15, 0.2) is 0 Å². The van der Waals surface area contributed by atoms with Crippen LogP contribution in [0.25, 0.3) is 0 Å². The maximum atomic E-state index is 13.7. The molecule has 0 aliphatic carbocycles. The highest BCUT2D eigenvalue weighted by Gasteiger charge is 2.20. The molecule has 0 aromatic heterocycles. The molecule has 84 valence electrons. The fourth-order valence-electron chi connectivity index (χ4n) is 1.68. The zero-order valence-electron chi connectivity index (χ0n) is 9.35. The minimum absolute atomic E-state index is 0.164. The Hall–Kier alpha value is -1.29. The van der Waals surface area contributed by atoms with Gasteiger partial charge < -0.3 is 14.6 Å². The molecule has 0 unspecified atom stereocenters. The molecule has 0 fully saturated rings. The second-order valence-electron chi connectivity index (χ2n) is 3.27. The van der Waals surface area contributed by atoms with Crippen LogP contribution in [0.1, 0.15) is 16.7 Å². The number of ether oxygens (including phenoxy) is 2. The maximum absolute atomic E-state index is 13.7. The van der Waals surface area contributed by atoms with Crippen molar-refractivity contribution in [3.05, 3.63) is 22.5 Å². The summed E-state index contributed by atoms with van der Waals surface area (Å²) in [6.07, 6.45) is 0. The Labute approximate surface area is 88.4 Å². The summed E-state index contributed by atoms with van der Waals surface area (Å²) >= 11 is 0. The van der Waals surface area contributed by atoms with Crippen LogP contribution >= 0.6 is 0 Å². The Balaban J connectivity index is 3.57. The van der Waals surface area contributed by atoms with Crippen molar-refractivity contribution in [1.82, 2.24) is 0 Å². The lowest BCUT2D eigenvalue weighted by molar-refractivity contribution is 0.269. The van der Waals surface area contributed by atoms with E-state index in [9.17, 15) is 9.50 Å². The van der Waals surface area contributed by atoms with Gasteiger partial charge in [0.2, 0.25) is 0 Å². The van der Waals surface area contributed by atoms with Crippen molar-refractivity contribution in [2.75, 3.05) is 14.2 Å². The van der Waals surface area contributed by atoms with Gasteiger partial charge in [-0.15, -0.1) is 0 Å². The van der Waals surface area contributed by atoms with Crippen LogP contribution in [-0.2, 0) is 6.61 Å². The van der Waals surface area contributed by atoms with Crippen molar-refractivity contribution in [2.45, 2.75) is 20.5 Å². The number of halogens is 1. The Morgan fingerprint density at radius 3 is 2.00 bits per heavy atom. The highest BCUT2D eigenvalue weighted by molar-refractivity contribution is 5.53. The summed E-state index contributed by atoms with van der Waals surface area (Å²) in [6, 6.07) is 0. The molecular weight excluding hydrogens is 199 g/mol. The summed E-state index contributed by atoms with van der Waals surface area (Å²) in [6.45, 7) is 3.08. The SMILES string of the molecule is COc1c(C)c(CO)c(OC)c(C)c1F. The van der Waals surface area contributed by atoms with E-state index in [0.29, 0.717) is 22.4 Å². The standard InChI is InChI=1S/C11H15FO3/c1-6-8(5-13)10(14-3)7(2)9(12)11(6)15-4/h13H,5H2,1-4H3. The first-order valence-electron chi connectivity index (χ1n) is 4.58. The number of benzene rings is 1. The van der Waals surface area contributed by atoms with E-state index in [-0.39, 0.29) is 12.4 Å². The van der Waals surface area contributed by atoms with Gasteiger partial charge in [-0.05, 0) is 13.8 Å². The van der Waals surface area contributed by atoms with Crippen LogP contribution in [0.5, 0.6) is 11.5 Å². The molecule has 0 saturated heterocycles. The molecular formula is C11H15FO3. The third-order valence-electron chi connectivity index (χ3n) is 2.50. The van der Waals surface area contributed by atoms with E-state index in [2.05, 4.69) is 0 Å². The van der Waals surface area contributed by atoms with E-state index in [1.165, 1.54) is 14.2 Å². The van der Waals surface area contributed by atoms with Crippen LogP contribution in [-0.4, -0.2) is 19.3 Å². The third kappa shape index (κ3) is 1.77. The van der Waals surface area contributed by atoms with Crippen molar-refractivity contribution < 1.29 is 19.0 Å². The van der Waals surface area contributed by atoms with E-state index in [4.69, 9.17) is 9.47 Å². The zero-order valence-corrected chi connectivity index (χ0v) is 9.35. The van der Waals surface area contributed by atoms with E-state index < -0.39 is 5.82 Å². The number of hydrogen-bond donors (Lipinski definition) is 1. The molecule has 0 aliphatic heterocycles. The molecule has 0 spiro atoms. The molecule has 1 aromatic rings. The first-order valence-corrected chi connectivity index (χ1v) is 4.58. The maximum Gasteiger partial charge on any atom is 0.171 e. The summed E-state index contributed by atoms with van der Waals surface area (Å²) in [4.78, 5) is 0. The Morgan fingerprint density at radius 2 is 1.60 bits per heavy atom. The van der Waals surface area contributed by atoms with Gasteiger partial charge in [-0.3, -0.25) is 0 Å². The summed E-state index contributed by atoms with van der Waals surface area (Å²) in [5, 5.41) is 9.21. The highest BCUT2D eigenvalue weighted by atomic mass is 19.1. The van der Waals surface area contributed by atoms with Crippen molar-refractivity contribution in [2.24, 2.45) is 0 Å². The number of aliphatic hydroxyl groups is 1. The summed E-state index contributed by atoms with van der Waals surface area (Å²) < 4.78 is 23.8. The molecule has 0 atom stereocenters. The topological polar surface area (TPSA) is 38.7 Å². The van der Waals surface area contributed by atoms with E-state index >= 15 is 0 Å². The van der Waals surface area contributed by atoms with Crippen LogP contribution < -0.4 is 9.47 Å². The lowest BCUT2D eigenvalue weighted by Crippen LogP contribution is -2.04. The first kappa shape index (κ1) is 11.8. The molecule has 15 heavy (non-hydrogen) atoms. The van der Waals surface area contributed by atoms with Gasteiger partial charge in [0.25, 0.3) is 0 Å². The molecule has 0 amide bonds. The van der Waals surface area contributed by atoms with E-state index in [1.807, 2.05) is 0 Å². The fourth-order valence-corrected chi connectivity index (χ4v) is 1.68. The molecule has 1 rings (SSSR count). The van der Waals surface area contributed by atoms with Gasteiger partial charge in [0, 0.05) is 16.7 Å². The molecule has 0 aliphatic rings. The van der Waals surface area contributed by atoms with Crippen molar-refractivity contribution >= 4 is 0 Å². The largest absolute Gasteiger partial charge is 0.496 e. The highest BCUT2D eigenvalue weighted by Crippen LogP contribution is 2.36. The smallest absolute Gasteiger partial charge is 0.171 e. The van der Waals surface area contributed by atoms with Crippen LogP contribution in [0.2, 0.25) is 0 Å². The van der Waals surface area contributed by atoms with Crippen LogP contribution in [0.4, 0.5) is 4.39 Å². The Bertz CT molecular complexity index is 375. The Morgan fingerprint density at radius 1 is 1.07 bits per heavy atom. The lowest BCUT2D eigenvalue weighted by atomic mass is 10.0. The number of hydrogen-bond acceptors (Lipinski definition) is 3. The third-order valence-corrected chi connectivity index (χ3v) is 2.50. The van der Waals surface area contributed by atoms with Crippen LogP contribution in [0.3, 0.4) is 0 Å². The minimum atomic E-state index is -0.441. The van der Waals surface area contributed by atoms with E-state index in [0.717, 1.165) is 0 Å². The van der Waals surface area contributed by atoms with Gasteiger partial charge in [0.15, 0.2) is 11.6 Å². The molecule has 0 heterocycles. The van der Waals surface area contributed by atoms with Crippen molar-refractivity contribution in [3.63, 3.8) is 0 Å². The number of rotatable bonds is 3. The summed E-state index contributed by atoms with van der Waals surface area (Å²) in [5.41, 5.74) is 1.48.